The molecular weight excluding hydrogens is 476 g/mol. The van der Waals surface area contributed by atoms with Crippen LogP contribution in [0.25, 0.3) is 0 Å². The number of rotatable bonds is 10. The number of carbonyl (C=O) groups is 1. The number of ether oxygens (including phenoxy) is 1. The Morgan fingerprint density at radius 1 is 0.944 bits per heavy atom. The number of pyridine rings is 1. The van der Waals surface area contributed by atoms with E-state index < -0.39 is 21.7 Å². The number of carboxylic acid groups (broad SMARTS) is 1. The third kappa shape index (κ3) is 6.70. The summed E-state index contributed by atoms with van der Waals surface area (Å²) >= 11 is 0. The Morgan fingerprint density at radius 3 is 2.19 bits per heavy atom. The van der Waals surface area contributed by atoms with Crippen LogP contribution in [0, 0.1) is 6.92 Å². The average Bonchev–Trinajstić information content (AvgIpc) is 2.85. The third-order valence-corrected chi connectivity index (χ3v) is 7.40. The molecule has 1 unspecified atom stereocenters. The Morgan fingerprint density at radius 2 is 1.58 bits per heavy atom. The zero-order chi connectivity index (χ0) is 25.5. The van der Waals surface area contributed by atoms with Crippen molar-refractivity contribution in [3.63, 3.8) is 0 Å². The van der Waals surface area contributed by atoms with Crippen LogP contribution < -0.4 is 10.1 Å². The molecule has 0 spiro atoms. The van der Waals surface area contributed by atoms with Gasteiger partial charge in [0.25, 0.3) is 0 Å². The van der Waals surface area contributed by atoms with Crippen molar-refractivity contribution in [3.05, 3.63) is 108 Å². The standard InChI is InChI=1S/C28H26N2O5S/c1-20-15-16-29-27(17-20)30-23-7-9-24(10-8-23)35-25-11-13-26(14-12-25)36(33,34)19-22(18-28(31)32)21-5-3-2-4-6-21/h2-17,22H,18-19H2,1H3,(H,29,30)(H,31,32). The minimum atomic E-state index is -3.71. The molecule has 0 bridgehead atoms. The fourth-order valence-electron chi connectivity index (χ4n) is 3.78. The molecule has 4 rings (SSSR count). The Balaban J connectivity index is 1.42. The second kappa shape index (κ2) is 11.0. The predicted molar refractivity (Wildman–Crippen MR) is 139 cm³/mol. The van der Waals surface area contributed by atoms with Crippen molar-refractivity contribution in [1.29, 1.82) is 0 Å². The number of hydrogen-bond donors (Lipinski definition) is 2. The fourth-order valence-corrected chi connectivity index (χ4v) is 5.36. The molecule has 2 N–H and O–H groups in total. The van der Waals surface area contributed by atoms with Crippen molar-refractivity contribution in [1.82, 2.24) is 4.98 Å². The van der Waals surface area contributed by atoms with Crippen molar-refractivity contribution in [2.24, 2.45) is 0 Å². The number of benzene rings is 3. The molecule has 0 aliphatic rings. The predicted octanol–water partition coefficient (Wildman–Crippen LogP) is 5.96. The monoisotopic (exact) mass is 502 g/mol. The topological polar surface area (TPSA) is 106 Å². The molecule has 7 nitrogen and oxygen atoms in total. The normalized spacial score (nSPS) is 12.0. The minimum Gasteiger partial charge on any atom is -0.481 e. The summed E-state index contributed by atoms with van der Waals surface area (Å²) in [6.07, 6.45) is 1.47. The van der Waals surface area contributed by atoms with Crippen molar-refractivity contribution < 1.29 is 23.1 Å². The molecule has 4 aromatic rings. The molecule has 0 saturated heterocycles. The van der Waals surface area contributed by atoms with Gasteiger partial charge in [-0.15, -0.1) is 0 Å². The summed E-state index contributed by atoms with van der Waals surface area (Å²) in [5.41, 5.74) is 2.64. The Kier molecular flexibility index (Phi) is 7.65. The molecule has 0 fully saturated rings. The second-order valence-corrected chi connectivity index (χ2v) is 10.5. The van der Waals surface area contributed by atoms with E-state index in [4.69, 9.17) is 4.74 Å². The molecule has 8 heteroatoms. The lowest BCUT2D eigenvalue weighted by Crippen LogP contribution is -2.18. The van der Waals surface area contributed by atoms with Crippen LogP contribution in [0.5, 0.6) is 11.5 Å². The highest BCUT2D eigenvalue weighted by Crippen LogP contribution is 2.28. The summed E-state index contributed by atoms with van der Waals surface area (Å²) in [4.78, 5) is 15.7. The Labute approximate surface area is 210 Å². The van der Waals surface area contributed by atoms with E-state index in [0.717, 1.165) is 17.1 Å². The number of aliphatic carboxylic acids is 1. The van der Waals surface area contributed by atoms with Gasteiger partial charge in [-0.2, -0.15) is 0 Å². The molecule has 1 heterocycles. The molecule has 3 aromatic carbocycles. The van der Waals surface area contributed by atoms with Gasteiger partial charge in [0, 0.05) is 17.8 Å². The van der Waals surface area contributed by atoms with Crippen LogP contribution in [0.2, 0.25) is 0 Å². The van der Waals surface area contributed by atoms with E-state index in [2.05, 4.69) is 10.3 Å². The highest BCUT2D eigenvalue weighted by atomic mass is 32.2. The van der Waals surface area contributed by atoms with E-state index in [1.165, 1.54) is 12.1 Å². The van der Waals surface area contributed by atoms with Crippen molar-refractivity contribution in [3.8, 4) is 11.5 Å². The summed E-state index contributed by atoms with van der Waals surface area (Å²) in [5, 5.41) is 12.5. The number of carboxylic acids is 1. The second-order valence-electron chi connectivity index (χ2n) is 8.43. The number of aromatic nitrogens is 1. The molecular formula is C28H26N2O5S. The van der Waals surface area contributed by atoms with Gasteiger partial charge in [0.2, 0.25) is 0 Å². The molecule has 0 radical (unpaired) electrons. The highest BCUT2D eigenvalue weighted by molar-refractivity contribution is 7.91. The molecule has 1 atom stereocenters. The number of aryl methyl sites for hydroxylation is 1. The van der Waals surface area contributed by atoms with Crippen molar-refractivity contribution >= 4 is 27.3 Å². The van der Waals surface area contributed by atoms with E-state index >= 15 is 0 Å². The molecule has 184 valence electrons. The molecule has 0 aliphatic heterocycles. The summed E-state index contributed by atoms with van der Waals surface area (Å²) in [5.74, 6) is -0.156. The first-order valence-corrected chi connectivity index (χ1v) is 13.0. The van der Waals surface area contributed by atoms with E-state index in [9.17, 15) is 18.3 Å². The Hall–Kier alpha value is -4.17. The van der Waals surface area contributed by atoms with Gasteiger partial charge in [0.1, 0.15) is 17.3 Å². The van der Waals surface area contributed by atoms with Crippen LogP contribution in [-0.2, 0) is 14.6 Å². The average molecular weight is 503 g/mol. The van der Waals surface area contributed by atoms with Crippen LogP contribution in [0.15, 0.2) is 102 Å². The highest BCUT2D eigenvalue weighted by Gasteiger charge is 2.25. The van der Waals surface area contributed by atoms with Gasteiger partial charge in [-0.3, -0.25) is 4.79 Å². The maximum absolute atomic E-state index is 13.0. The zero-order valence-electron chi connectivity index (χ0n) is 19.7. The SMILES string of the molecule is Cc1ccnc(Nc2ccc(Oc3ccc(S(=O)(=O)CC(CC(=O)O)c4ccccc4)cc3)cc2)c1. The summed E-state index contributed by atoms with van der Waals surface area (Å²) in [6.45, 7) is 2.00. The van der Waals surface area contributed by atoms with Gasteiger partial charge in [-0.05, 0) is 78.7 Å². The number of hydrogen-bond acceptors (Lipinski definition) is 6. The number of nitrogens with one attached hydrogen (secondary N) is 1. The molecule has 0 amide bonds. The summed E-state index contributed by atoms with van der Waals surface area (Å²) < 4.78 is 31.9. The molecule has 36 heavy (non-hydrogen) atoms. The first kappa shape index (κ1) is 24.9. The number of sulfone groups is 1. The quantitative estimate of drug-likeness (QED) is 0.276. The molecule has 0 saturated carbocycles. The van der Waals surface area contributed by atoms with E-state index in [1.54, 1.807) is 60.8 Å². The van der Waals surface area contributed by atoms with Gasteiger partial charge in [0.05, 0.1) is 17.1 Å². The van der Waals surface area contributed by atoms with Crippen molar-refractivity contribution in [2.75, 3.05) is 11.1 Å². The largest absolute Gasteiger partial charge is 0.481 e. The van der Waals surface area contributed by atoms with Gasteiger partial charge in [0.15, 0.2) is 9.84 Å². The lowest BCUT2D eigenvalue weighted by atomic mass is 9.98. The van der Waals surface area contributed by atoms with Crippen molar-refractivity contribution in [2.45, 2.75) is 24.2 Å². The van der Waals surface area contributed by atoms with Crippen LogP contribution in [-0.4, -0.2) is 30.2 Å². The molecule has 0 aliphatic carbocycles. The van der Waals surface area contributed by atoms with E-state index in [-0.39, 0.29) is 17.1 Å². The smallest absolute Gasteiger partial charge is 0.303 e. The van der Waals surface area contributed by atoms with Crippen LogP contribution >= 0.6 is 0 Å². The fraction of sp³-hybridized carbons (Fsp3) is 0.143. The molecule has 1 aromatic heterocycles. The van der Waals surface area contributed by atoms with E-state index in [0.29, 0.717) is 17.1 Å². The first-order chi connectivity index (χ1) is 17.3. The van der Waals surface area contributed by atoms with Gasteiger partial charge in [-0.1, -0.05) is 30.3 Å². The summed E-state index contributed by atoms with van der Waals surface area (Å²) in [6, 6.07) is 26.2. The lowest BCUT2D eigenvalue weighted by Gasteiger charge is -2.16. The minimum absolute atomic E-state index is 0.117. The van der Waals surface area contributed by atoms with Crippen LogP contribution in [0.4, 0.5) is 11.5 Å². The first-order valence-electron chi connectivity index (χ1n) is 11.4. The van der Waals surface area contributed by atoms with Gasteiger partial charge in [-0.25, -0.2) is 13.4 Å². The van der Waals surface area contributed by atoms with Gasteiger partial charge >= 0.3 is 5.97 Å². The van der Waals surface area contributed by atoms with Crippen LogP contribution in [0.1, 0.15) is 23.5 Å². The maximum atomic E-state index is 13.0. The van der Waals surface area contributed by atoms with Crippen LogP contribution in [0.3, 0.4) is 0 Å². The Bertz CT molecular complexity index is 1420. The van der Waals surface area contributed by atoms with E-state index in [1.807, 2.05) is 31.2 Å². The summed E-state index contributed by atoms with van der Waals surface area (Å²) in [7, 11) is -3.71. The maximum Gasteiger partial charge on any atom is 0.303 e. The number of anilines is 2. The third-order valence-electron chi connectivity index (χ3n) is 5.57. The lowest BCUT2D eigenvalue weighted by molar-refractivity contribution is -0.137. The van der Waals surface area contributed by atoms with Gasteiger partial charge < -0.3 is 15.2 Å². The zero-order valence-corrected chi connectivity index (χ0v) is 20.5. The number of nitrogens with zero attached hydrogens (tertiary/aromatic N) is 1.